The van der Waals surface area contributed by atoms with Crippen LogP contribution in [0.3, 0.4) is 0 Å². The summed E-state index contributed by atoms with van der Waals surface area (Å²) in [6.45, 7) is 0.862. The van der Waals surface area contributed by atoms with Crippen molar-refractivity contribution in [2.75, 3.05) is 11.9 Å². The predicted octanol–water partition coefficient (Wildman–Crippen LogP) is 0.449. The molecule has 1 aliphatic rings. The predicted molar refractivity (Wildman–Crippen MR) is 55.3 cm³/mol. The standard InChI is InChI=1S/C10H8N2O3/c13-9-6-3-5-1-2-11-7(5)4-8(6)12-10(14)15-9/h3-4,11H,1-2H2,(H,12,14). The molecule has 15 heavy (non-hydrogen) atoms. The Labute approximate surface area is 83.7 Å². The van der Waals surface area contributed by atoms with Crippen LogP contribution in [0.4, 0.5) is 5.69 Å². The van der Waals surface area contributed by atoms with Gasteiger partial charge in [0.05, 0.1) is 10.9 Å². The van der Waals surface area contributed by atoms with Crippen molar-refractivity contribution in [2.45, 2.75) is 6.42 Å². The van der Waals surface area contributed by atoms with E-state index in [1.54, 1.807) is 12.1 Å². The molecule has 1 aromatic carbocycles. The Hall–Kier alpha value is -2.04. The SMILES string of the molecule is O=c1[nH]c2cc3c(cc2c(=O)o1)CCN3. The minimum absolute atomic E-state index is 0.428. The van der Waals surface area contributed by atoms with Crippen LogP contribution in [0, 0.1) is 0 Å². The summed E-state index contributed by atoms with van der Waals surface area (Å²) in [5.41, 5.74) is 2.00. The molecule has 0 spiro atoms. The molecule has 5 heteroatoms. The number of fused-ring (bicyclic) bond motifs is 2. The van der Waals surface area contributed by atoms with Gasteiger partial charge in [-0.15, -0.1) is 0 Å². The van der Waals surface area contributed by atoms with Crippen molar-refractivity contribution in [2.24, 2.45) is 0 Å². The van der Waals surface area contributed by atoms with E-state index >= 15 is 0 Å². The van der Waals surface area contributed by atoms with Gasteiger partial charge in [0.1, 0.15) is 0 Å². The molecule has 0 atom stereocenters. The van der Waals surface area contributed by atoms with Crippen molar-refractivity contribution in [3.63, 3.8) is 0 Å². The van der Waals surface area contributed by atoms with Crippen LogP contribution in [0.1, 0.15) is 5.56 Å². The van der Waals surface area contributed by atoms with E-state index in [4.69, 9.17) is 0 Å². The molecule has 0 aliphatic carbocycles. The average Bonchev–Trinajstić information content (AvgIpc) is 2.61. The molecule has 0 amide bonds. The monoisotopic (exact) mass is 204 g/mol. The first-order valence-corrected chi connectivity index (χ1v) is 4.68. The fourth-order valence-electron chi connectivity index (χ4n) is 1.89. The molecule has 2 N–H and O–H groups in total. The molecule has 2 heterocycles. The summed E-state index contributed by atoms with van der Waals surface area (Å²) in [4.78, 5) is 24.9. The fraction of sp³-hybridized carbons (Fsp3) is 0.200. The highest BCUT2D eigenvalue weighted by molar-refractivity contribution is 5.83. The summed E-state index contributed by atoms with van der Waals surface area (Å²) in [5.74, 6) is -0.717. The van der Waals surface area contributed by atoms with Gasteiger partial charge in [-0.1, -0.05) is 0 Å². The molecule has 1 aromatic heterocycles. The molecule has 1 aliphatic heterocycles. The largest absolute Gasteiger partial charge is 0.419 e. The normalized spacial score (nSPS) is 13.9. The van der Waals surface area contributed by atoms with E-state index in [2.05, 4.69) is 14.7 Å². The number of benzene rings is 1. The number of rotatable bonds is 0. The zero-order chi connectivity index (χ0) is 10.4. The lowest BCUT2D eigenvalue weighted by Gasteiger charge is -2.01. The number of hydrogen-bond donors (Lipinski definition) is 2. The Balaban J connectivity index is 2.48. The van der Waals surface area contributed by atoms with E-state index in [1.165, 1.54) is 0 Å². The van der Waals surface area contributed by atoms with Crippen molar-refractivity contribution in [3.8, 4) is 0 Å². The molecule has 3 rings (SSSR count). The molecule has 0 radical (unpaired) electrons. The van der Waals surface area contributed by atoms with Crippen LogP contribution in [0.15, 0.2) is 26.1 Å². The van der Waals surface area contributed by atoms with Gasteiger partial charge in [0.25, 0.3) is 0 Å². The van der Waals surface area contributed by atoms with Gasteiger partial charge in [-0.25, -0.2) is 9.59 Å². The van der Waals surface area contributed by atoms with Crippen LogP contribution in [0.2, 0.25) is 0 Å². The second-order valence-electron chi connectivity index (χ2n) is 3.53. The Kier molecular flexibility index (Phi) is 1.50. The minimum atomic E-state index is -0.717. The summed E-state index contributed by atoms with van der Waals surface area (Å²) in [5, 5.41) is 3.60. The van der Waals surface area contributed by atoms with E-state index in [-0.39, 0.29) is 0 Å². The molecule has 0 saturated heterocycles. The Morgan fingerprint density at radius 1 is 1.27 bits per heavy atom. The molecule has 0 bridgehead atoms. The van der Waals surface area contributed by atoms with Crippen LogP contribution in [-0.2, 0) is 6.42 Å². The molecule has 0 saturated carbocycles. The number of aromatic amines is 1. The van der Waals surface area contributed by atoms with Crippen LogP contribution in [0.5, 0.6) is 0 Å². The average molecular weight is 204 g/mol. The van der Waals surface area contributed by atoms with Gasteiger partial charge >= 0.3 is 11.4 Å². The highest BCUT2D eigenvalue weighted by Crippen LogP contribution is 2.24. The first kappa shape index (κ1) is 8.28. The second kappa shape index (κ2) is 2.73. The third kappa shape index (κ3) is 1.16. The summed E-state index contributed by atoms with van der Waals surface area (Å²) < 4.78 is 4.46. The maximum atomic E-state index is 11.4. The van der Waals surface area contributed by atoms with E-state index < -0.39 is 11.4 Å². The van der Waals surface area contributed by atoms with Gasteiger partial charge in [-0.05, 0) is 24.1 Å². The van der Waals surface area contributed by atoms with Crippen molar-refractivity contribution in [1.29, 1.82) is 0 Å². The molecule has 5 nitrogen and oxygen atoms in total. The van der Waals surface area contributed by atoms with Gasteiger partial charge < -0.3 is 9.73 Å². The first-order chi connectivity index (χ1) is 7.24. The lowest BCUT2D eigenvalue weighted by Crippen LogP contribution is -2.14. The number of anilines is 1. The van der Waals surface area contributed by atoms with E-state index in [1.807, 2.05) is 0 Å². The van der Waals surface area contributed by atoms with Gasteiger partial charge in [0.15, 0.2) is 0 Å². The molecule has 0 fully saturated rings. The number of nitrogens with one attached hydrogen (secondary N) is 2. The van der Waals surface area contributed by atoms with E-state index in [0.717, 1.165) is 24.2 Å². The lowest BCUT2D eigenvalue weighted by atomic mass is 10.1. The van der Waals surface area contributed by atoms with Crippen LogP contribution >= 0.6 is 0 Å². The Morgan fingerprint density at radius 2 is 2.13 bits per heavy atom. The zero-order valence-electron chi connectivity index (χ0n) is 7.79. The summed E-state index contributed by atoms with van der Waals surface area (Å²) in [7, 11) is 0. The zero-order valence-corrected chi connectivity index (χ0v) is 7.79. The third-order valence-electron chi connectivity index (χ3n) is 2.60. The molecule has 0 unspecified atom stereocenters. The fourth-order valence-corrected chi connectivity index (χ4v) is 1.89. The highest BCUT2D eigenvalue weighted by Gasteiger charge is 2.13. The van der Waals surface area contributed by atoms with Crippen molar-refractivity contribution < 1.29 is 4.42 Å². The Bertz CT molecular complexity index is 654. The van der Waals surface area contributed by atoms with Crippen molar-refractivity contribution in [3.05, 3.63) is 38.7 Å². The maximum Gasteiger partial charge on any atom is 0.419 e. The highest BCUT2D eigenvalue weighted by atomic mass is 16.4. The number of hydrogen-bond acceptors (Lipinski definition) is 4. The van der Waals surface area contributed by atoms with Crippen LogP contribution in [0.25, 0.3) is 10.9 Å². The van der Waals surface area contributed by atoms with E-state index in [0.29, 0.717) is 10.9 Å². The van der Waals surface area contributed by atoms with E-state index in [9.17, 15) is 9.59 Å². The smallest absolute Gasteiger partial charge is 0.384 e. The number of aromatic nitrogens is 1. The second-order valence-corrected chi connectivity index (χ2v) is 3.53. The van der Waals surface area contributed by atoms with Crippen LogP contribution in [-0.4, -0.2) is 11.5 Å². The van der Waals surface area contributed by atoms with Gasteiger partial charge in [0, 0.05) is 12.2 Å². The molecular formula is C10H8N2O3. The van der Waals surface area contributed by atoms with Gasteiger partial charge in [0.2, 0.25) is 0 Å². The maximum absolute atomic E-state index is 11.4. The first-order valence-electron chi connectivity index (χ1n) is 4.68. The Morgan fingerprint density at radius 3 is 3.00 bits per heavy atom. The molecule has 76 valence electrons. The van der Waals surface area contributed by atoms with Crippen molar-refractivity contribution in [1.82, 2.24) is 4.98 Å². The van der Waals surface area contributed by atoms with Crippen molar-refractivity contribution >= 4 is 16.6 Å². The van der Waals surface area contributed by atoms with Crippen LogP contribution < -0.4 is 16.7 Å². The third-order valence-corrected chi connectivity index (χ3v) is 2.60. The number of H-pyrrole nitrogens is 1. The van der Waals surface area contributed by atoms with Gasteiger partial charge in [-0.2, -0.15) is 0 Å². The topological polar surface area (TPSA) is 75.1 Å². The minimum Gasteiger partial charge on any atom is -0.384 e. The summed E-state index contributed by atoms with van der Waals surface area (Å²) in [6, 6.07) is 3.54. The van der Waals surface area contributed by atoms with Gasteiger partial charge in [-0.3, -0.25) is 4.98 Å². The molecule has 2 aromatic rings. The quantitative estimate of drug-likeness (QED) is 0.653. The summed E-state index contributed by atoms with van der Waals surface area (Å²) >= 11 is 0. The lowest BCUT2D eigenvalue weighted by molar-refractivity contribution is 0.460. The summed E-state index contributed by atoms with van der Waals surface area (Å²) in [6.07, 6.45) is 0.893. The molecular weight excluding hydrogens is 196 g/mol.